The predicted molar refractivity (Wildman–Crippen MR) is 74.2 cm³/mol. The topological polar surface area (TPSA) is 78.4 Å². The van der Waals surface area contributed by atoms with Crippen molar-refractivity contribution in [1.82, 2.24) is 5.32 Å². The first-order valence-corrected chi connectivity index (χ1v) is 6.50. The molecule has 1 aromatic rings. The molecule has 0 saturated carbocycles. The molecule has 6 heteroatoms. The van der Waals surface area contributed by atoms with Crippen LogP contribution in [0.4, 0.5) is 14.9 Å². The zero-order valence-electron chi connectivity index (χ0n) is 11.6. The van der Waals surface area contributed by atoms with Crippen LogP contribution in [-0.4, -0.2) is 23.1 Å². The van der Waals surface area contributed by atoms with Gasteiger partial charge in [0.2, 0.25) is 0 Å². The molecule has 2 amide bonds. The zero-order valence-corrected chi connectivity index (χ0v) is 11.6. The van der Waals surface area contributed by atoms with Crippen LogP contribution in [-0.2, 0) is 4.79 Å². The number of carbonyl (C=O) groups is 2. The fourth-order valence-electron chi connectivity index (χ4n) is 1.71. The molecular weight excluding hydrogens is 263 g/mol. The van der Waals surface area contributed by atoms with Crippen molar-refractivity contribution in [3.63, 3.8) is 0 Å². The van der Waals surface area contributed by atoms with Gasteiger partial charge in [0.25, 0.3) is 0 Å². The van der Waals surface area contributed by atoms with E-state index in [9.17, 15) is 14.0 Å². The highest BCUT2D eigenvalue weighted by Crippen LogP contribution is 2.13. The van der Waals surface area contributed by atoms with Crippen molar-refractivity contribution in [1.29, 1.82) is 0 Å². The van der Waals surface area contributed by atoms with Crippen molar-refractivity contribution in [2.75, 3.05) is 5.32 Å². The highest BCUT2D eigenvalue weighted by Gasteiger charge is 2.19. The van der Waals surface area contributed by atoms with Gasteiger partial charge < -0.3 is 15.7 Å². The number of aryl methyl sites for hydroxylation is 1. The van der Waals surface area contributed by atoms with Crippen molar-refractivity contribution in [3.8, 4) is 0 Å². The summed E-state index contributed by atoms with van der Waals surface area (Å²) >= 11 is 0. The molecule has 0 saturated heterocycles. The lowest BCUT2D eigenvalue weighted by Gasteiger charge is -2.15. The number of halogens is 1. The molecule has 5 nitrogen and oxygen atoms in total. The van der Waals surface area contributed by atoms with Gasteiger partial charge in [-0.15, -0.1) is 0 Å². The summed E-state index contributed by atoms with van der Waals surface area (Å²) in [5.74, 6) is -1.42. The summed E-state index contributed by atoms with van der Waals surface area (Å²) in [6.07, 6.45) is 1.94. The quantitative estimate of drug-likeness (QED) is 0.750. The lowest BCUT2D eigenvalue weighted by atomic mass is 10.1. The molecule has 1 atom stereocenters. The van der Waals surface area contributed by atoms with Crippen molar-refractivity contribution < 1.29 is 19.1 Å². The van der Waals surface area contributed by atoms with E-state index in [-0.39, 0.29) is 5.82 Å². The molecular formula is C14H19FN2O3. The number of hydrogen-bond donors (Lipinski definition) is 3. The van der Waals surface area contributed by atoms with Gasteiger partial charge in [0.05, 0.1) is 0 Å². The molecule has 0 aromatic heterocycles. The Labute approximate surface area is 117 Å². The molecule has 3 N–H and O–H groups in total. The average Bonchev–Trinajstić information content (AvgIpc) is 2.38. The van der Waals surface area contributed by atoms with Gasteiger partial charge in [-0.2, -0.15) is 0 Å². The van der Waals surface area contributed by atoms with Gasteiger partial charge in [0, 0.05) is 5.69 Å². The maximum atomic E-state index is 13.1. The van der Waals surface area contributed by atoms with Crippen LogP contribution in [0.25, 0.3) is 0 Å². The number of unbranched alkanes of at least 4 members (excludes halogenated alkanes) is 1. The molecule has 0 aliphatic rings. The smallest absolute Gasteiger partial charge is 0.326 e. The van der Waals surface area contributed by atoms with E-state index in [1.807, 2.05) is 6.92 Å². The average molecular weight is 282 g/mol. The summed E-state index contributed by atoms with van der Waals surface area (Å²) in [6, 6.07) is 2.62. The Morgan fingerprint density at radius 3 is 2.65 bits per heavy atom. The third-order valence-electron chi connectivity index (χ3n) is 2.87. The number of benzene rings is 1. The Morgan fingerprint density at radius 2 is 2.10 bits per heavy atom. The Balaban J connectivity index is 2.60. The third kappa shape index (κ3) is 4.87. The SMILES string of the molecule is CCCCC(NC(=O)Nc1ccc(F)c(C)c1)C(=O)O. The van der Waals surface area contributed by atoms with Gasteiger partial charge in [-0.1, -0.05) is 19.8 Å². The van der Waals surface area contributed by atoms with Crippen LogP contribution in [0.5, 0.6) is 0 Å². The second-order valence-electron chi connectivity index (χ2n) is 4.60. The number of aliphatic carboxylic acids is 1. The van der Waals surface area contributed by atoms with Crippen molar-refractivity contribution in [2.24, 2.45) is 0 Å². The van der Waals surface area contributed by atoms with Gasteiger partial charge in [-0.05, 0) is 37.1 Å². The Kier molecular flexibility index (Phi) is 5.96. The molecule has 110 valence electrons. The molecule has 20 heavy (non-hydrogen) atoms. The van der Waals surface area contributed by atoms with Crippen LogP contribution in [0.3, 0.4) is 0 Å². The molecule has 0 fully saturated rings. The lowest BCUT2D eigenvalue weighted by Crippen LogP contribution is -2.42. The van der Waals surface area contributed by atoms with E-state index in [0.717, 1.165) is 6.42 Å². The summed E-state index contributed by atoms with van der Waals surface area (Å²) < 4.78 is 13.1. The molecule has 0 bridgehead atoms. The maximum absolute atomic E-state index is 13.1. The Hall–Kier alpha value is -2.11. The fraction of sp³-hybridized carbons (Fsp3) is 0.429. The Morgan fingerprint density at radius 1 is 1.40 bits per heavy atom. The zero-order chi connectivity index (χ0) is 15.1. The van der Waals surface area contributed by atoms with Crippen LogP contribution < -0.4 is 10.6 Å². The summed E-state index contributed by atoms with van der Waals surface area (Å²) in [7, 11) is 0. The number of urea groups is 1. The molecule has 1 aromatic carbocycles. The first-order valence-electron chi connectivity index (χ1n) is 6.50. The van der Waals surface area contributed by atoms with Gasteiger partial charge >= 0.3 is 12.0 Å². The maximum Gasteiger partial charge on any atom is 0.326 e. The first kappa shape index (κ1) is 15.9. The van der Waals surface area contributed by atoms with Crippen LogP contribution >= 0.6 is 0 Å². The van der Waals surface area contributed by atoms with Crippen LogP contribution in [0.1, 0.15) is 31.7 Å². The highest BCUT2D eigenvalue weighted by molar-refractivity contribution is 5.92. The summed E-state index contributed by atoms with van der Waals surface area (Å²) in [6.45, 7) is 3.53. The fourth-order valence-corrected chi connectivity index (χ4v) is 1.71. The minimum atomic E-state index is -1.07. The van der Waals surface area contributed by atoms with Crippen LogP contribution in [0.2, 0.25) is 0 Å². The van der Waals surface area contributed by atoms with Crippen LogP contribution in [0.15, 0.2) is 18.2 Å². The van der Waals surface area contributed by atoms with E-state index in [2.05, 4.69) is 10.6 Å². The van der Waals surface area contributed by atoms with Crippen molar-refractivity contribution >= 4 is 17.7 Å². The molecule has 0 aliphatic heterocycles. The number of carbonyl (C=O) groups excluding carboxylic acids is 1. The van der Waals surface area contributed by atoms with E-state index in [0.29, 0.717) is 24.1 Å². The summed E-state index contributed by atoms with van der Waals surface area (Å²) in [4.78, 5) is 22.7. The van der Waals surface area contributed by atoms with E-state index in [1.165, 1.54) is 18.2 Å². The number of carboxylic acids is 1. The second kappa shape index (κ2) is 7.47. The van der Waals surface area contributed by atoms with E-state index >= 15 is 0 Å². The van der Waals surface area contributed by atoms with Crippen LogP contribution in [0, 0.1) is 12.7 Å². The molecule has 0 aliphatic carbocycles. The number of anilines is 1. The first-order chi connectivity index (χ1) is 9.43. The standard InChI is InChI=1S/C14H19FN2O3/c1-3-4-5-12(13(18)19)17-14(20)16-10-6-7-11(15)9(2)8-10/h6-8,12H,3-5H2,1-2H3,(H,18,19)(H2,16,17,20). The van der Waals surface area contributed by atoms with E-state index in [1.54, 1.807) is 6.92 Å². The van der Waals surface area contributed by atoms with E-state index < -0.39 is 18.0 Å². The van der Waals surface area contributed by atoms with Gasteiger partial charge in [-0.25, -0.2) is 14.0 Å². The summed E-state index contributed by atoms with van der Waals surface area (Å²) in [5.41, 5.74) is 0.824. The monoisotopic (exact) mass is 282 g/mol. The van der Waals surface area contributed by atoms with Gasteiger partial charge in [0.1, 0.15) is 11.9 Å². The predicted octanol–water partition coefficient (Wildman–Crippen LogP) is 2.90. The molecule has 0 heterocycles. The minimum absolute atomic E-state index is 0.359. The second-order valence-corrected chi connectivity index (χ2v) is 4.60. The molecule has 1 unspecified atom stereocenters. The third-order valence-corrected chi connectivity index (χ3v) is 2.87. The van der Waals surface area contributed by atoms with Crippen molar-refractivity contribution in [3.05, 3.63) is 29.6 Å². The van der Waals surface area contributed by atoms with Crippen molar-refractivity contribution in [2.45, 2.75) is 39.2 Å². The number of amides is 2. The van der Waals surface area contributed by atoms with Gasteiger partial charge in [-0.3, -0.25) is 0 Å². The number of rotatable bonds is 6. The Bertz CT molecular complexity index is 491. The largest absolute Gasteiger partial charge is 0.480 e. The van der Waals surface area contributed by atoms with E-state index in [4.69, 9.17) is 5.11 Å². The normalized spacial score (nSPS) is 11.8. The highest BCUT2D eigenvalue weighted by atomic mass is 19.1. The molecule has 0 radical (unpaired) electrons. The minimum Gasteiger partial charge on any atom is -0.480 e. The molecule has 0 spiro atoms. The summed E-state index contributed by atoms with van der Waals surface area (Å²) in [5, 5.41) is 13.9. The number of carboxylic acid groups (broad SMARTS) is 1. The lowest BCUT2D eigenvalue weighted by molar-refractivity contribution is -0.139. The van der Waals surface area contributed by atoms with Gasteiger partial charge in [0.15, 0.2) is 0 Å². The molecule has 1 rings (SSSR count). The number of hydrogen-bond acceptors (Lipinski definition) is 2. The number of nitrogens with one attached hydrogen (secondary N) is 2.